The van der Waals surface area contributed by atoms with E-state index in [1.807, 2.05) is 6.07 Å². The second kappa shape index (κ2) is 7.99. The molecule has 3 heteroatoms. The molecule has 0 saturated heterocycles. The Morgan fingerprint density at radius 2 is 1.29 bits per heavy atom. The van der Waals surface area contributed by atoms with E-state index in [-0.39, 0.29) is 12.4 Å². The molecule has 4 aromatic carbocycles. The lowest BCUT2D eigenvalue weighted by Gasteiger charge is -2.15. The summed E-state index contributed by atoms with van der Waals surface area (Å²) >= 11 is 0. The van der Waals surface area contributed by atoms with E-state index >= 15 is 0 Å². The van der Waals surface area contributed by atoms with Gasteiger partial charge in [0.2, 0.25) is 0 Å². The Morgan fingerprint density at radius 1 is 0.750 bits per heavy atom. The molecule has 0 atom stereocenters. The summed E-state index contributed by atoms with van der Waals surface area (Å²) in [6.45, 7) is 4.35. The lowest BCUT2D eigenvalue weighted by Crippen LogP contribution is -2.09. The monoisotopic (exact) mass is 372 g/mol. The fourth-order valence-electron chi connectivity index (χ4n) is 4.03. The molecular formula is C25H24O3. The maximum atomic E-state index is 12.2. The van der Waals surface area contributed by atoms with Crippen LogP contribution in [-0.2, 0) is 27.4 Å². The van der Waals surface area contributed by atoms with Gasteiger partial charge in [0.05, 0.1) is 13.0 Å². The quantitative estimate of drug-likeness (QED) is 0.232. The van der Waals surface area contributed by atoms with Crippen LogP contribution < -0.4 is 0 Å². The van der Waals surface area contributed by atoms with E-state index in [9.17, 15) is 4.79 Å². The predicted molar refractivity (Wildman–Crippen MR) is 114 cm³/mol. The molecule has 4 aromatic rings. The van der Waals surface area contributed by atoms with Gasteiger partial charge in [0.15, 0.2) is 0 Å². The highest BCUT2D eigenvalue weighted by Gasteiger charge is 2.14. The first-order valence-electron chi connectivity index (χ1n) is 9.90. The SMILES string of the molecule is CCCc1cc2c3ccccc3c(CC(=O)OOCC)cc2c2ccccc12. The largest absolute Gasteiger partial charge is 0.346 e. The Balaban J connectivity index is 2.00. The van der Waals surface area contributed by atoms with Crippen LogP contribution in [0.1, 0.15) is 31.4 Å². The maximum Gasteiger partial charge on any atom is 0.346 e. The van der Waals surface area contributed by atoms with Crippen molar-refractivity contribution in [1.82, 2.24) is 0 Å². The number of fused-ring (bicyclic) bond motifs is 5. The van der Waals surface area contributed by atoms with Gasteiger partial charge in [-0.25, -0.2) is 4.79 Å². The van der Waals surface area contributed by atoms with E-state index < -0.39 is 0 Å². The first-order chi connectivity index (χ1) is 13.7. The molecule has 0 fully saturated rings. The predicted octanol–water partition coefficient (Wildman–Crippen LogP) is 6.14. The van der Waals surface area contributed by atoms with Gasteiger partial charge in [-0.05, 0) is 68.9 Å². The first-order valence-corrected chi connectivity index (χ1v) is 9.90. The third kappa shape index (κ3) is 3.34. The minimum atomic E-state index is -0.377. The van der Waals surface area contributed by atoms with Crippen molar-refractivity contribution >= 4 is 38.3 Å². The van der Waals surface area contributed by atoms with Crippen molar-refractivity contribution in [3.8, 4) is 0 Å². The van der Waals surface area contributed by atoms with Crippen LogP contribution in [0.3, 0.4) is 0 Å². The molecule has 142 valence electrons. The van der Waals surface area contributed by atoms with Crippen molar-refractivity contribution < 1.29 is 14.6 Å². The second-order valence-corrected chi connectivity index (χ2v) is 7.05. The highest BCUT2D eigenvalue weighted by molar-refractivity contribution is 6.19. The molecule has 0 aromatic heterocycles. The van der Waals surface area contributed by atoms with Gasteiger partial charge in [-0.3, -0.25) is 4.89 Å². The first kappa shape index (κ1) is 18.5. The standard InChI is InChI=1S/C25H24O3/c1-3-9-17-14-23-22-13-8-6-11-20(22)18(16-25(26)28-27-4-2)15-24(23)21-12-7-5-10-19(17)21/h5-8,10-15H,3-4,9,16H2,1-2H3. The second-order valence-electron chi connectivity index (χ2n) is 7.05. The zero-order valence-corrected chi connectivity index (χ0v) is 16.3. The Morgan fingerprint density at radius 3 is 1.86 bits per heavy atom. The molecule has 0 aliphatic rings. The summed E-state index contributed by atoms with van der Waals surface area (Å²) in [5, 5.41) is 7.18. The number of rotatable bonds is 6. The molecule has 0 aliphatic carbocycles. The highest BCUT2D eigenvalue weighted by atomic mass is 17.2. The topological polar surface area (TPSA) is 35.5 Å². The number of hydrogen-bond donors (Lipinski definition) is 0. The van der Waals surface area contributed by atoms with Crippen molar-refractivity contribution in [3.63, 3.8) is 0 Å². The van der Waals surface area contributed by atoms with E-state index in [1.54, 1.807) is 6.92 Å². The lowest BCUT2D eigenvalue weighted by atomic mass is 9.89. The molecule has 4 rings (SSSR count). The lowest BCUT2D eigenvalue weighted by molar-refractivity contribution is -0.268. The molecule has 0 N–H and O–H groups in total. The molecule has 28 heavy (non-hydrogen) atoms. The Bertz CT molecular complexity index is 1160. The van der Waals surface area contributed by atoms with Crippen LogP contribution in [0.15, 0.2) is 60.7 Å². The smallest absolute Gasteiger partial charge is 0.298 e. The average Bonchev–Trinajstić information content (AvgIpc) is 2.73. The number of hydrogen-bond acceptors (Lipinski definition) is 3. The molecule has 0 amide bonds. The van der Waals surface area contributed by atoms with Crippen molar-refractivity contribution in [1.29, 1.82) is 0 Å². The van der Waals surface area contributed by atoms with Gasteiger partial charge in [-0.2, -0.15) is 4.89 Å². The summed E-state index contributed by atoms with van der Waals surface area (Å²) in [5.74, 6) is -0.377. The number of benzene rings is 4. The zero-order chi connectivity index (χ0) is 19.5. The fourth-order valence-corrected chi connectivity index (χ4v) is 4.03. The molecule has 0 aliphatic heterocycles. The summed E-state index contributed by atoms with van der Waals surface area (Å²) in [6.07, 6.45) is 2.34. The van der Waals surface area contributed by atoms with Gasteiger partial charge in [0, 0.05) is 0 Å². The molecule has 0 spiro atoms. The molecule has 3 nitrogen and oxygen atoms in total. The summed E-state index contributed by atoms with van der Waals surface area (Å²) in [5.41, 5.74) is 2.33. The Hall–Kier alpha value is -2.91. The van der Waals surface area contributed by atoms with Crippen molar-refractivity contribution in [3.05, 3.63) is 71.8 Å². The van der Waals surface area contributed by atoms with Crippen LogP contribution >= 0.6 is 0 Å². The van der Waals surface area contributed by atoms with Crippen molar-refractivity contribution in [2.45, 2.75) is 33.1 Å². The third-order valence-corrected chi connectivity index (χ3v) is 5.18. The normalized spacial score (nSPS) is 11.4. The van der Waals surface area contributed by atoms with Crippen LogP contribution in [0.25, 0.3) is 32.3 Å². The summed E-state index contributed by atoms with van der Waals surface area (Å²) < 4.78 is 0. The van der Waals surface area contributed by atoms with E-state index in [0.717, 1.165) is 23.8 Å². The van der Waals surface area contributed by atoms with E-state index in [1.165, 1.54) is 32.5 Å². The van der Waals surface area contributed by atoms with Crippen LogP contribution in [0.5, 0.6) is 0 Å². The molecule has 0 radical (unpaired) electrons. The number of carbonyl (C=O) groups excluding carboxylic acids is 1. The summed E-state index contributed by atoms with van der Waals surface area (Å²) in [6, 6.07) is 21.3. The minimum Gasteiger partial charge on any atom is -0.298 e. The molecule has 0 saturated carbocycles. The van der Waals surface area contributed by atoms with Gasteiger partial charge < -0.3 is 0 Å². The van der Waals surface area contributed by atoms with E-state index in [4.69, 9.17) is 9.78 Å². The average molecular weight is 372 g/mol. The zero-order valence-electron chi connectivity index (χ0n) is 16.3. The minimum absolute atomic E-state index is 0.182. The van der Waals surface area contributed by atoms with E-state index in [0.29, 0.717) is 6.61 Å². The van der Waals surface area contributed by atoms with Crippen LogP contribution in [0, 0.1) is 0 Å². The Kier molecular flexibility index (Phi) is 5.27. The number of aryl methyl sites for hydroxylation is 1. The molecule has 0 unspecified atom stereocenters. The van der Waals surface area contributed by atoms with Crippen molar-refractivity contribution in [2.75, 3.05) is 6.61 Å². The van der Waals surface area contributed by atoms with Gasteiger partial charge in [0.1, 0.15) is 0 Å². The summed E-state index contributed by atoms with van der Waals surface area (Å²) in [7, 11) is 0. The highest BCUT2D eigenvalue weighted by Crippen LogP contribution is 2.36. The van der Waals surface area contributed by atoms with E-state index in [2.05, 4.69) is 61.5 Å². The van der Waals surface area contributed by atoms with Gasteiger partial charge in [0.25, 0.3) is 0 Å². The van der Waals surface area contributed by atoms with Crippen LogP contribution in [-0.4, -0.2) is 12.6 Å². The maximum absolute atomic E-state index is 12.2. The molecular weight excluding hydrogens is 348 g/mol. The Labute approximate surface area is 164 Å². The van der Waals surface area contributed by atoms with Crippen LogP contribution in [0.2, 0.25) is 0 Å². The number of carbonyl (C=O) groups is 1. The fraction of sp³-hybridized carbons (Fsp3) is 0.240. The van der Waals surface area contributed by atoms with Gasteiger partial charge in [-0.15, -0.1) is 0 Å². The molecule has 0 bridgehead atoms. The summed E-state index contributed by atoms with van der Waals surface area (Å²) in [4.78, 5) is 21.9. The van der Waals surface area contributed by atoms with Gasteiger partial charge >= 0.3 is 5.97 Å². The van der Waals surface area contributed by atoms with Crippen molar-refractivity contribution in [2.24, 2.45) is 0 Å². The van der Waals surface area contributed by atoms with Gasteiger partial charge in [-0.1, -0.05) is 61.9 Å². The third-order valence-electron chi connectivity index (χ3n) is 5.18. The molecule has 0 heterocycles. The van der Waals surface area contributed by atoms with Crippen LogP contribution in [0.4, 0.5) is 0 Å².